The van der Waals surface area contributed by atoms with Gasteiger partial charge >= 0.3 is 0 Å². The fourth-order valence-electron chi connectivity index (χ4n) is 14.5. The van der Waals surface area contributed by atoms with Crippen molar-refractivity contribution in [3.8, 4) is 11.6 Å². The molecular formula is C79H98N10O7. The number of aromatic amines is 2. The Morgan fingerprint density at radius 3 is 1.25 bits per heavy atom. The Morgan fingerprint density at radius 1 is 0.427 bits per heavy atom. The van der Waals surface area contributed by atoms with Crippen LogP contribution >= 0.6 is 0 Å². The van der Waals surface area contributed by atoms with E-state index in [0.29, 0.717) is 30.6 Å². The van der Waals surface area contributed by atoms with E-state index in [1.165, 1.54) is 86.6 Å². The van der Waals surface area contributed by atoms with Gasteiger partial charge in [-0.3, -0.25) is 9.59 Å². The Bertz CT molecular complexity index is 3580. The van der Waals surface area contributed by atoms with E-state index in [9.17, 15) is 9.59 Å². The van der Waals surface area contributed by atoms with Gasteiger partial charge in [0.1, 0.15) is 29.8 Å². The number of H-pyrrole nitrogens is 2. The van der Waals surface area contributed by atoms with Gasteiger partial charge < -0.3 is 68.4 Å². The summed E-state index contributed by atoms with van der Waals surface area (Å²) in [6.45, 7) is 14.2. The first-order chi connectivity index (χ1) is 47.3. The topological polar surface area (TPSA) is 156 Å². The minimum atomic E-state index is -0.0237. The van der Waals surface area contributed by atoms with E-state index in [1.807, 2.05) is 24.3 Å². The van der Waals surface area contributed by atoms with Crippen LogP contribution in [0.5, 0.6) is 11.6 Å². The lowest BCUT2D eigenvalue weighted by Crippen LogP contribution is -2.37. The summed E-state index contributed by atoms with van der Waals surface area (Å²) in [4.78, 5) is 49.6. The number of rotatable bonds is 18. The van der Waals surface area contributed by atoms with Gasteiger partial charge in [0, 0.05) is 137 Å². The van der Waals surface area contributed by atoms with Crippen molar-refractivity contribution in [1.29, 1.82) is 0 Å². The maximum atomic E-state index is 12.2. The number of aromatic nitrogens is 3. The van der Waals surface area contributed by atoms with Crippen LogP contribution < -0.4 is 55.3 Å². The van der Waals surface area contributed by atoms with Crippen molar-refractivity contribution in [2.24, 2.45) is 0 Å². The molecule has 5 aromatic carbocycles. The molecule has 17 heteroatoms. The zero-order chi connectivity index (χ0) is 65.5. The Balaban J connectivity index is 0.000000128. The van der Waals surface area contributed by atoms with E-state index in [4.69, 9.17) is 28.7 Å². The van der Waals surface area contributed by atoms with Crippen LogP contribution in [-0.4, -0.2) is 151 Å². The minimum absolute atomic E-state index is 0.0237. The minimum Gasteiger partial charge on any atom is -0.497 e. The third-order valence-electron chi connectivity index (χ3n) is 19.6. The Morgan fingerprint density at radius 2 is 0.833 bits per heavy atom. The highest BCUT2D eigenvalue weighted by atomic mass is 16.5. The number of nitrogens with one attached hydrogen (secondary N) is 3. The molecule has 506 valence electrons. The van der Waals surface area contributed by atoms with Gasteiger partial charge in [-0.25, -0.2) is 0 Å². The maximum Gasteiger partial charge on any atom is 0.251 e. The lowest BCUT2D eigenvalue weighted by atomic mass is 10.0. The number of benzene rings is 5. The summed E-state index contributed by atoms with van der Waals surface area (Å²) in [5.41, 5.74) is 9.75. The molecule has 0 aliphatic carbocycles. The molecule has 7 aliphatic heterocycles. The van der Waals surface area contributed by atoms with E-state index in [1.54, 1.807) is 19.2 Å². The largest absolute Gasteiger partial charge is 0.497 e. The Labute approximate surface area is 567 Å². The Kier molecular flexibility index (Phi) is 24.5. The molecule has 7 fully saturated rings. The van der Waals surface area contributed by atoms with Crippen molar-refractivity contribution >= 4 is 34.5 Å². The molecule has 0 spiro atoms. The summed E-state index contributed by atoms with van der Waals surface area (Å²) in [6, 6.07) is 64.7. The van der Waals surface area contributed by atoms with Gasteiger partial charge in [-0.1, -0.05) is 133 Å². The van der Waals surface area contributed by atoms with Gasteiger partial charge in [0.2, 0.25) is 5.88 Å². The van der Waals surface area contributed by atoms with Crippen LogP contribution in [0.25, 0.3) is 0 Å². The molecule has 0 radical (unpaired) electrons. The lowest BCUT2D eigenvalue weighted by molar-refractivity contribution is 0.122. The highest BCUT2D eigenvalue weighted by molar-refractivity contribution is 5.60. The first kappa shape index (κ1) is 67.4. The smallest absolute Gasteiger partial charge is 0.251 e. The molecule has 7 aliphatic rings. The van der Waals surface area contributed by atoms with Gasteiger partial charge in [-0.2, -0.15) is 4.98 Å². The molecule has 7 saturated heterocycles. The molecule has 96 heavy (non-hydrogen) atoms. The summed E-state index contributed by atoms with van der Waals surface area (Å²) in [5, 5.41) is 3.51. The lowest BCUT2D eigenvalue weighted by Gasteiger charge is -2.31. The van der Waals surface area contributed by atoms with Crippen molar-refractivity contribution in [3.63, 3.8) is 0 Å². The van der Waals surface area contributed by atoms with E-state index in [0.717, 1.165) is 170 Å². The van der Waals surface area contributed by atoms with E-state index in [-0.39, 0.29) is 11.1 Å². The average molecular weight is 1300 g/mol. The number of anilines is 6. The fraction of sp³-hybridized carbons (Fsp3) is 0.430. The van der Waals surface area contributed by atoms with Crippen LogP contribution in [0.15, 0.2) is 192 Å². The normalized spacial score (nSPS) is 20.2. The number of methoxy groups -OCH3 is 1. The van der Waals surface area contributed by atoms with Crippen molar-refractivity contribution in [3.05, 3.63) is 231 Å². The van der Waals surface area contributed by atoms with Crippen molar-refractivity contribution in [1.82, 2.24) is 20.3 Å². The molecule has 2 unspecified atom stereocenters. The summed E-state index contributed by atoms with van der Waals surface area (Å²) in [5.74, 6) is 4.42. The van der Waals surface area contributed by atoms with Gasteiger partial charge in [-0.05, 0) is 124 Å². The molecule has 10 heterocycles. The van der Waals surface area contributed by atoms with Crippen molar-refractivity contribution in [2.45, 2.75) is 108 Å². The van der Waals surface area contributed by atoms with E-state index < -0.39 is 0 Å². The SMILES string of the molecule is COc1ccc(COc2cc(N3CCOCC3)cc(N3CCCC3Cc3ccccc3)n2)cc1.O=c1cc(N2CCOCC2)cc(N2CCC[C@@H]2Cc2ccccc2)[nH]1.O=c1cc(N2CCOCC2)cc(N2CCC[C@H]2Cc2ccccc2)[nH]1.c1ccc(CC2CCCN2)cc1. The molecule has 8 aromatic rings. The van der Waals surface area contributed by atoms with Crippen LogP contribution in [0.1, 0.15) is 79.2 Å². The summed E-state index contributed by atoms with van der Waals surface area (Å²) < 4.78 is 27.9. The molecule has 3 aromatic heterocycles. The summed E-state index contributed by atoms with van der Waals surface area (Å²) >= 11 is 0. The number of ether oxygens (including phenoxy) is 5. The predicted octanol–water partition coefficient (Wildman–Crippen LogP) is 11.5. The highest BCUT2D eigenvalue weighted by Crippen LogP contribution is 2.34. The quantitative estimate of drug-likeness (QED) is 0.0745. The molecule has 0 saturated carbocycles. The second-order valence-electron chi connectivity index (χ2n) is 26.2. The summed E-state index contributed by atoms with van der Waals surface area (Å²) in [7, 11) is 1.68. The molecular weight excluding hydrogens is 1200 g/mol. The third-order valence-corrected chi connectivity index (χ3v) is 19.6. The van der Waals surface area contributed by atoms with Crippen molar-refractivity contribution in [2.75, 3.05) is 142 Å². The Hall–Kier alpha value is -8.61. The first-order valence-corrected chi connectivity index (χ1v) is 35.3. The van der Waals surface area contributed by atoms with Crippen LogP contribution in [0.3, 0.4) is 0 Å². The molecule has 0 amide bonds. The second kappa shape index (κ2) is 34.9. The molecule has 3 N–H and O–H groups in total. The number of hydrogen-bond donors (Lipinski definition) is 3. The van der Waals surface area contributed by atoms with Gasteiger partial charge in [0.05, 0.1) is 46.8 Å². The van der Waals surface area contributed by atoms with E-state index >= 15 is 0 Å². The summed E-state index contributed by atoms with van der Waals surface area (Å²) in [6.07, 6.45) is 14.0. The average Bonchev–Trinajstić information content (AvgIpc) is 1.57. The van der Waals surface area contributed by atoms with E-state index in [2.05, 4.69) is 190 Å². The van der Waals surface area contributed by atoms with Crippen LogP contribution in [0.2, 0.25) is 0 Å². The molecule has 15 rings (SSSR count). The number of pyridine rings is 3. The molecule has 4 atom stereocenters. The zero-order valence-corrected chi connectivity index (χ0v) is 56.1. The molecule has 17 nitrogen and oxygen atoms in total. The first-order valence-electron chi connectivity index (χ1n) is 35.3. The van der Waals surface area contributed by atoms with Gasteiger partial charge in [0.25, 0.3) is 11.1 Å². The maximum absolute atomic E-state index is 12.2. The second-order valence-corrected chi connectivity index (χ2v) is 26.2. The highest BCUT2D eigenvalue weighted by Gasteiger charge is 2.30. The number of nitrogens with zero attached hydrogens (tertiary/aromatic N) is 7. The standard InChI is InChI=1S/C28H33N3O3.2C20H25N3O2.C11H15N/c1-32-26-11-9-23(10-12-26)21-34-28-20-25(30-14-16-33-17-15-30)19-27(29-28)31-13-5-8-24(31)18-22-6-3-2-4-7-22;2*24-20-15-18(22-9-11-25-12-10-22)14-19(21-20)23-8-4-7-17(23)13-16-5-2-1-3-6-16;1-2-5-10(6-3-1)9-11-7-4-8-12-11/h2-4,6-7,9-12,19-20,24H,5,8,13-18,21H2,1H3;2*1-3,5-6,14-15,17H,4,7-13H2,(H,21,24);1-3,5-6,11-12H,4,7-9H2/t;2*17-;/m.10./s1. The number of morpholine rings is 3. The van der Waals surface area contributed by atoms with Gasteiger partial charge in [0.15, 0.2) is 0 Å². The third kappa shape index (κ3) is 19.3. The van der Waals surface area contributed by atoms with Gasteiger partial charge in [-0.15, -0.1) is 0 Å². The van der Waals surface area contributed by atoms with Crippen LogP contribution in [0.4, 0.5) is 34.5 Å². The van der Waals surface area contributed by atoms with Crippen molar-refractivity contribution < 1.29 is 23.7 Å². The number of hydrogen-bond acceptors (Lipinski definition) is 15. The zero-order valence-electron chi connectivity index (χ0n) is 56.1. The van der Waals surface area contributed by atoms with Crippen LogP contribution in [0, 0.1) is 0 Å². The molecule has 0 bridgehead atoms. The predicted molar refractivity (Wildman–Crippen MR) is 387 cm³/mol. The monoisotopic (exact) mass is 1300 g/mol. The fourth-order valence-corrected chi connectivity index (χ4v) is 14.5. The van der Waals surface area contributed by atoms with Crippen LogP contribution in [-0.2, 0) is 46.5 Å².